The van der Waals surface area contributed by atoms with Crippen molar-refractivity contribution in [1.29, 1.82) is 0 Å². The lowest BCUT2D eigenvalue weighted by Crippen LogP contribution is -2.18. The maximum absolute atomic E-state index is 13.6. The van der Waals surface area contributed by atoms with E-state index < -0.39 is 0 Å². The molecule has 2 aromatic carbocycles. The second kappa shape index (κ2) is 5.11. The molecule has 2 atom stereocenters. The van der Waals surface area contributed by atoms with E-state index >= 15 is 0 Å². The first kappa shape index (κ1) is 11.8. The smallest absolute Gasteiger partial charge is 0.127 e. The summed E-state index contributed by atoms with van der Waals surface area (Å²) in [4.78, 5) is 0. The highest BCUT2D eigenvalue weighted by Gasteiger charge is 2.19. The van der Waals surface area contributed by atoms with Crippen molar-refractivity contribution >= 4 is 0 Å². The van der Waals surface area contributed by atoms with E-state index in [4.69, 9.17) is 5.73 Å². The fourth-order valence-electron chi connectivity index (χ4n) is 1.98. The molecule has 0 bridgehead atoms. The van der Waals surface area contributed by atoms with Gasteiger partial charge in [0.1, 0.15) is 5.82 Å². The zero-order valence-electron chi connectivity index (χ0n) is 9.81. The van der Waals surface area contributed by atoms with E-state index in [1.807, 2.05) is 43.3 Å². The van der Waals surface area contributed by atoms with Gasteiger partial charge in [-0.2, -0.15) is 0 Å². The second-order valence-corrected chi connectivity index (χ2v) is 4.25. The van der Waals surface area contributed by atoms with Crippen LogP contribution in [0.4, 0.5) is 4.39 Å². The predicted molar refractivity (Wildman–Crippen MR) is 68.2 cm³/mol. The van der Waals surface area contributed by atoms with Crippen LogP contribution < -0.4 is 5.73 Å². The number of halogens is 1. The van der Waals surface area contributed by atoms with Crippen molar-refractivity contribution in [3.63, 3.8) is 0 Å². The minimum atomic E-state index is -0.321. The van der Waals surface area contributed by atoms with Crippen LogP contribution in [0, 0.1) is 5.82 Å². The molecule has 1 nitrogen and oxygen atoms in total. The van der Waals surface area contributed by atoms with Crippen molar-refractivity contribution < 1.29 is 4.39 Å². The fraction of sp³-hybridized carbons (Fsp3) is 0.200. The normalized spacial score (nSPS) is 14.3. The van der Waals surface area contributed by atoms with Gasteiger partial charge >= 0.3 is 0 Å². The van der Waals surface area contributed by atoms with Crippen LogP contribution in [0.5, 0.6) is 0 Å². The van der Waals surface area contributed by atoms with Crippen LogP contribution in [-0.4, -0.2) is 0 Å². The molecule has 88 valence electrons. The van der Waals surface area contributed by atoms with Crippen LogP contribution in [0.1, 0.15) is 30.0 Å². The molecular formula is C15H16FN. The standard InChI is InChI=1S/C15H16FN/c1-11(12-7-3-2-4-8-12)15(17)13-9-5-6-10-14(13)16/h2-11,15H,17H2,1H3. The molecule has 0 amide bonds. The molecule has 0 aliphatic rings. The number of hydrogen-bond acceptors (Lipinski definition) is 1. The Kier molecular flexibility index (Phi) is 3.55. The lowest BCUT2D eigenvalue weighted by molar-refractivity contribution is 0.539. The molecular weight excluding hydrogens is 213 g/mol. The highest BCUT2D eigenvalue weighted by molar-refractivity contribution is 5.28. The molecule has 0 radical (unpaired) electrons. The summed E-state index contributed by atoms with van der Waals surface area (Å²) in [5.41, 5.74) is 7.83. The maximum Gasteiger partial charge on any atom is 0.127 e. The zero-order chi connectivity index (χ0) is 12.3. The summed E-state index contributed by atoms with van der Waals surface area (Å²) in [6.45, 7) is 2.02. The molecule has 0 saturated carbocycles. The third kappa shape index (κ3) is 2.53. The Labute approximate surface area is 101 Å². The summed E-state index contributed by atoms with van der Waals surface area (Å²) in [5, 5.41) is 0. The van der Waals surface area contributed by atoms with Crippen LogP contribution in [0.15, 0.2) is 54.6 Å². The molecule has 0 aliphatic carbocycles. The quantitative estimate of drug-likeness (QED) is 0.854. The fourth-order valence-corrected chi connectivity index (χ4v) is 1.98. The zero-order valence-corrected chi connectivity index (χ0v) is 9.81. The largest absolute Gasteiger partial charge is 0.323 e. The van der Waals surface area contributed by atoms with E-state index in [0.717, 1.165) is 5.56 Å². The first-order valence-electron chi connectivity index (χ1n) is 5.75. The van der Waals surface area contributed by atoms with Crippen LogP contribution in [0.2, 0.25) is 0 Å². The van der Waals surface area contributed by atoms with Gasteiger partial charge in [-0.15, -0.1) is 0 Å². The van der Waals surface area contributed by atoms with Crippen LogP contribution >= 0.6 is 0 Å². The van der Waals surface area contributed by atoms with E-state index in [1.54, 1.807) is 12.1 Å². The van der Waals surface area contributed by atoms with Crippen molar-refractivity contribution in [2.75, 3.05) is 0 Å². The molecule has 0 spiro atoms. The second-order valence-electron chi connectivity index (χ2n) is 4.25. The van der Waals surface area contributed by atoms with Gasteiger partial charge in [-0.3, -0.25) is 0 Å². The minimum Gasteiger partial charge on any atom is -0.323 e. The monoisotopic (exact) mass is 229 g/mol. The molecule has 0 saturated heterocycles. The SMILES string of the molecule is CC(c1ccccc1)C(N)c1ccccc1F. The van der Waals surface area contributed by atoms with Crippen molar-refractivity contribution in [2.24, 2.45) is 5.73 Å². The van der Waals surface area contributed by atoms with Crippen molar-refractivity contribution in [3.8, 4) is 0 Å². The summed E-state index contributed by atoms with van der Waals surface area (Å²) in [7, 11) is 0. The predicted octanol–water partition coefficient (Wildman–Crippen LogP) is 3.63. The first-order chi connectivity index (χ1) is 8.20. The first-order valence-corrected chi connectivity index (χ1v) is 5.75. The molecule has 0 fully saturated rings. The van der Waals surface area contributed by atoms with Crippen LogP contribution in [-0.2, 0) is 0 Å². The third-order valence-electron chi connectivity index (χ3n) is 3.13. The van der Waals surface area contributed by atoms with E-state index in [-0.39, 0.29) is 17.8 Å². The summed E-state index contributed by atoms with van der Waals surface area (Å²) >= 11 is 0. The summed E-state index contributed by atoms with van der Waals surface area (Å²) in [6.07, 6.45) is 0. The molecule has 2 N–H and O–H groups in total. The Balaban J connectivity index is 2.27. The van der Waals surface area contributed by atoms with E-state index in [9.17, 15) is 4.39 Å². The molecule has 0 heterocycles. The molecule has 2 rings (SSSR count). The Morgan fingerprint density at radius 3 is 2.18 bits per heavy atom. The third-order valence-corrected chi connectivity index (χ3v) is 3.13. The van der Waals surface area contributed by atoms with Gasteiger partial charge in [0.25, 0.3) is 0 Å². The molecule has 17 heavy (non-hydrogen) atoms. The van der Waals surface area contributed by atoms with Crippen LogP contribution in [0.3, 0.4) is 0 Å². The van der Waals surface area contributed by atoms with Gasteiger partial charge in [-0.1, -0.05) is 55.5 Å². The minimum absolute atomic E-state index is 0.0908. The highest BCUT2D eigenvalue weighted by Crippen LogP contribution is 2.29. The lowest BCUT2D eigenvalue weighted by Gasteiger charge is -2.21. The van der Waals surface area contributed by atoms with E-state index in [0.29, 0.717) is 5.56 Å². The van der Waals surface area contributed by atoms with E-state index in [1.165, 1.54) is 6.07 Å². The lowest BCUT2D eigenvalue weighted by atomic mass is 9.89. The summed E-state index contributed by atoms with van der Waals surface area (Å²) < 4.78 is 13.6. The van der Waals surface area contributed by atoms with Gasteiger partial charge in [0, 0.05) is 17.5 Å². The Morgan fingerprint density at radius 2 is 1.53 bits per heavy atom. The van der Waals surface area contributed by atoms with Gasteiger partial charge in [-0.25, -0.2) is 4.39 Å². The van der Waals surface area contributed by atoms with Gasteiger partial charge in [0.2, 0.25) is 0 Å². The van der Waals surface area contributed by atoms with Crippen molar-refractivity contribution in [2.45, 2.75) is 18.9 Å². The number of nitrogens with two attached hydrogens (primary N) is 1. The number of rotatable bonds is 3. The van der Waals surface area contributed by atoms with Crippen molar-refractivity contribution in [3.05, 3.63) is 71.5 Å². The number of benzene rings is 2. The average molecular weight is 229 g/mol. The topological polar surface area (TPSA) is 26.0 Å². The molecule has 2 heteroatoms. The average Bonchev–Trinajstić information content (AvgIpc) is 2.39. The molecule has 2 aromatic rings. The van der Waals surface area contributed by atoms with Gasteiger partial charge < -0.3 is 5.73 Å². The Morgan fingerprint density at radius 1 is 0.941 bits per heavy atom. The molecule has 2 unspecified atom stereocenters. The molecule has 0 aliphatic heterocycles. The van der Waals surface area contributed by atoms with E-state index in [2.05, 4.69) is 0 Å². The van der Waals surface area contributed by atoms with Gasteiger partial charge in [0.05, 0.1) is 0 Å². The van der Waals surface area contributed by atoms with Crippen molar-refractivity contribution in [1.82, 2.24) is 0 Å². The van der Waals surface area contributed by atoms with Gasteiger partial charge in [0.15, 0.2) is 0 Å². The Bertz CT molecular complexity index is 481. The summed E-state index contributed by atoms with van der Waals surface area (Å²) in [5.74, 6) is -0.143. The number of hydrogen-bond donors (Lipinski definition) is 1. The highest BCUT2D eigenvalue weighted by atomic mass is 19.1. The van der Waals surface area contributed by atoms with Gasteiger partial charge in [-0.05, 0) is 11.6 Å². The Hall–Kier alpha value is -1.67. The van der Waals surface area contributed by atoms with Crippen LogP contribution in [0.25, 0.3) is 0 Å². The maximum atomic E-state index is 13.6. The molecule has 0 aromatic heterocycles. The summed E-state index contributed by atoms with van der Waals surface area (Å²) in [6, 6.07) is 16.3.